The zero-order valence-electron chi connectivity index (χ0n) is 22.4. The summed E-state index contributed by atoms with van der Waals surface area (Å²) in [4.78, 5) is 38.2. The van der Waals surface area contributed by atoms with E-state index in [9.17, 15) is 23.9 Å². The van der Waals surface area contributed by atoms with Crippen LogP contribution in [-0.2, 0) is 35.5 Å². The first-order chi connectivity index (χ1) is 17.6. The van der Waals surface area contributed by atoms with Crippen LogP contribution >= 0.6 is 0 Å². The van der Waals surface area contributed by atoms with Gasteiger partial charge in [-0.05, 0) is 61.4 Å². The Morgan fingerprint density at radius 1 is 1.18 bits per heavy atom. The van der Waals surface area contributed by atoms with Crippen molar-refractivity contribution in [1.82, 2.24) is 9.55 Å². The maximum Gasteiger partial charge on any atom is 1.00 e. The second-order valence-electron chi connectivity index (χ2n) is 8.68. The molecule has 0 radical (unpaired) electrons. The fraction of sp³-hybridized carbons (Fsp3) is 0.407. The largest absolute Gasteiger partial charge is 1.00 e. The molecule has 198 valence electrons. The van der Waals surface area contributed by atoms with Crippen molar-refractivity contribution < 1.29 is 80.3 Å². The number of primary amides is 1. The number of hydrogen-bond acceptors (Lipinski definition) is 6. The molecule has 3 aromatic rings. The molecular formula is C27H31FKN3O6. The topological polar surface area (TPSA) is 148 Å². The van der Waals surface area contributed by atoms with Gasteiger partial charge in [0.2, 0.25) is 5.91 Å². The molecule has 0 spiro atoms. The van der Waals surface area contributed by atoms with E-state index in [1.54, 1.807) is 11.5 Å². The van der Waals surface area contributed by atoms with E-state index in [-0.39, 0.29) is 75.8 Å². The summed E-state index contributed by atoms with van der Waals surface area (Å²) in [5, 5.41) is 19.2. The smallest absolute Gasteiger partial charge is 0.854 e. The SMILES string of the molecule is CC.Cc1cc2n(c(=O)c1COC(=O)O)Cc1c-2nc2cc(F)c(C)c3c2c1CCC3.NC(=O)CC[O-].[K+]. The molecule has 0 unspecified atom stereocenters. The van der Waals surface area contributed by atoms with Gasteiger partial charge in [0.25, 0.3) is 5.56 Å². The zero-order valence-corrected chi connectivity index (χ0v) is 25.6. The first kappa shape index (κ1) is 32.1. The number of fused-ring (bicyclic) bond motifs is 4. The van der Waals surface area contributed by atoms with Crippen LogP contribution in [0.2, 0.25) is 0 Å². The number of pyridine rings is 2. The molecule has 3 heterocycles. The van der Waals surface area contributed by atoms with Crippen LogP contribution in [0, 0.1) is 19.7 Å². The van der Waals surface area contributed by atoms with Crippen LogP contribution in [0.15, 0.2) is 16.9 Å². The average molecular weight is 552 g/mol. The third-order valence-corrected chi connectivity index (χ3v) is 6.54. The van der Waals surface area contributed by atoms with Gasteiger partial charge in [0.15, 0.2) is 0 Å². The van der Waals surface area contributed by atoms with E-state index in [0.29, 0.717) is 34.4 Å². The Morgan fingerprint density at radius 2 is 1.84 bits per heavy atom. The van der Waals surface area contributed by atoms with Crippen molar-refractivity contribution in [2.45, 2.75) is 66.5 Å². The number of carbonyl (C=O) groups is 2. The molecular weight excluding hydrogens is 520 g/mol. The number of rotatable bonds is 4. The second kappa shape index (κ2) is 13.8. The molecule has 1 aromatic carbocycles. The van der Waals surface area contributed by atoms with Crippen molar-refractivity contribution in [2.75, 3.05) is 6.61 Å². The van der Waals surface area contributed by atoms with E-state index < -0.39 is 18.7 Å². The number of carbonyl (C=O) groups excluding carboxylic acids is 1. The number of amides is 1. The van der Waals surface area contributed by atoms with Crippen molar-refractivity contribution in [3.05, 3.63) is 61.7 Å². The summed E-state index contributed by atoms with van der Waals surface area (Å²) in [5.74, 6) is -0.773. The summed E-state index contributed by atoms with van der Waals surface area (Å²) in [6, 6.07) is 3.33. The van der Waals surface area contributed by atoms with Gasteiger partial charge in [0.1, 0.15) is 12.4 Å². The maximum atomic E-state index is 14.5. The number of aromatic nitrogens is 2. The Hall–Kier alpha value is -2.15. The molecule has 1 aliphatic heterocycles. The third-order valence-electron chi connectivity index (χ3n) is 6.54. The molecule has 1 aliphatic carbocycles. The van der Waals surface area contributed by atoms with Crippen molar-refractivity contribution in [1.29, 1.82) is 0 Å². The molecule has 38 heavy (non-hydrogen) atoms. The number of nitrogens with two attached hydrogens (primary N) is 1. The number of carboxylic acid groups (broad SMARTS) is 1. The molecule has 2 aliphatic rings. The molecule has 1 amide bonds. The fourth-order valence-electron chi connectivity index (χ4n) is 4.84. The Balaban J connectivity index is 0.000000501. The monoisotopic (exact) mass is 551 g/mol. The van der Waals surface area contributed by atoms with Gasteiger partial charge < -0.3 is 25.3 Å². The van der Waals surface area contributed by atoms with Crippen LogP contribution in [0.3, 0.4) is 0 Å². The van der Waals surface area contributed by atoms with E-state index >= 15 is 0 Å². The number of halogens is 1. The standard InChI is InChI=1S/C22H19FN2O4.C3H6NO2.C2H6.K/c1-10-6-18-20-14(8-25(18)21(26)15(10)9-29-22(27)28)13-5-3-4-12-11(2)16(23)7-17(24-20)19(12)13;4-3(6)1-2-5;1-2;/h6-7H,3-5,8-9H2,1-2H3,(H,27,28);1-2H2,(H2,4,6);1-2H3;/q;-1;;+1. The zero-order chi connectivity index (χ0) is 27.4. The van der Waals surface area contributed by atoms with Crippen LogP contribution in [0.25, 0.3) is 22.3 Å². The summed E-state index contributed by atoms with van der Waals surface area (Å²) < 4.78 is 20.7. The van der Waals surface area contributed by atoms with E-state index in [1.165, 1.54) is 6.07 Å². The Morgan fingerprint density at radius 3 is 2.42 bits per heavy atom. The van der Waals surface area contributed by atoms with Gasteiger partial charge in [-0.2, -0.15) is 0 Å². The molecule has 2 aromatic heterocycles. The van der Waals surface area contributed by atoms with Crippen LogP contribution < -0.4 is 67.8 Å². The quantitative estimate of drug-likeness (QED) is 0.270. The fourth-order valence-corrected chi connectivity index (χ4v) is 4.84. The van der Waals surface area contributed by atoms with Crippen molar-refractivity contribution in [3.8, 4) is 11.4 Å². The van der Waals surface area contributed by atoms with Crippen LogP contribution in [0.5, 0.6) is 0 Å². The van der Waals surface area contributed by atoms with Crippen molar-refractivity contribution in [2.24, 2.45) is 5.73 Å². The molecule has 0 fully saturated rings. The molecule has 3 N–H and O–H groups in total. The third kappa shape index (κ3) is 6.35. The summed E-state index contributed by atoms with van der Waals surface area (Å²) >= 11 is 0. The average Bonchev–Trinajstić information content (AvgIpc) is 3.22. The van der Waals surface area contributed by atoms with Crippen LogP contribution in [0.4, 0.5) is 9.18 Å². The minimum absolute atomic E-state index is 0. The number of aryl methyl sites for hydroxylation is 3. The molecule has 11 heteroatoms. The Bertz CT molecular complexity index is 1440. The van der Waals surface area contributed by atoms with Gasteiger partial charge in [0, 0.05) is 23.4 Å². The number of nitrogens with zero attached hydrogens (tertiary/aromatic N) is 2. The molecule has 0 atom stereocenters. The predicted octanol–water partition coefficient (Wildman–Crippen LogP) is 0.117. The summed E-state index contributed by atoms with van der Waals surface area (Å²) in [7, 11) is 0. The van der Waals surface area contributed by atoms with E-state index in [0.717, 1.165) is 47.0 Å². The number of ether oxygens (including phenoxy) is 1. The van der Waals surface area contributed by atoms with Gasteiger partial charge in [-0.1, -0.05) is 13.8 Å². The predicted molar refractivity (Wildman–Crippen MR) is 135 cm³/mol. The summed E-state index contributed by atoms with van der Waals surface area (Å²) in [6.07, 6.45) is 1.18. The Kier molecular flexibility index (Phi) is 11.6. The molecule has 0 saturated carbocycles. The number of hydrogen-bond donors (Lipinski definition) is 2. The number of benzene rings is 1. The van der Waals surface area contributed by atoms with Gasteiger partial charge >= 0.3 is 57.5 Å². The second-order valence-corrected chi connectivity index (χ2v) is 8.68. The molecule has 9 nitrogen and oxygen atoms in total. The molecule has 0 saturated heterocycles. The molecule has 0 bridgehead atoms. The van der Waals surface area contributed by atoms with Crippen molar-refractivity contribution >= 4 is 23.0 Å². The normalized spacial score (nSPS) is 12.2. The maximum absolute atomic E-state index is 14.5. The van der Waals surface area contributed by atoms with E-state index in [2.05, 4.69) is 10.5 Å². The summed E-state index contributed by atoms with van der Waals surface area (Å²) in [5.41, 5.74) is 11.2. The first-order valence-electron chi connectivity index (χ1n) is 12.2. The van der Waals surface area contributed by atoms with Crippen LogP contribution in [0.1, 0.15) is 60.1 Å². The van der Waals surface area contributed by atoms with Gasteiger partial charge in [0.05, 0.1) is 29.0 Å². The van der Waals surface area contributed by atoms with Gasteiger partial charge in [-0.3, -0.25) is 9.59 Å². The van der Waals surface area contributed by atoms with Crippen LogP contribution in [-0.4, -0.2) is 33.3 Å². The molecule has 5 rings (SSSR count). The van der Waals surface area contributed by atoms with Gasteiger partial charge in [-0.15, -0.1) is 6.61 Å². The Labute approximate surface area is 262 Å². The minimum Gasteiger partial charge on any atom is -0.854 e. The summed E-state index contributed by atoms with van der Waals surface area (Å²) in [6.45, 7) is 7.28. The first-order valence-corrected chi connectivity index (χ1v) is 12.2. The minimum atomic E-state index is -1.42. The van der Waals surface area contributed by atoms with Crippen molar-refractivity contribution in [3.63, 3.8) is 0 Å². The van der Waals surface area contributed by atoms with E-state index in [4.69, 9.17) is 10.1 Å². The van der Waals surface area contributed by atoms with E-state index in [1.807, 2.05) is 26.8 Å². The van der Waals surface area contributed by atoms with Gasteiger partial charge in [-0.25, -0.2) is 14.2 Å².